The first kappa shape index (κ1) is 22.2. The maximum absolute atomic E-state index is 13.4. The van der Waals surface area contributed by atoms with E-state index < -0.39 is 56.8 Å². The molecular formula is C26H14N2O10. The molecule has 0 amide bonds. The third-order valence-electron chi connectivity index (χ3n) is 7.72. The summed E-state index contributed by atoms with van der Waals surface area (Å²) in [6.07, 6.45) is 1.86. The molecule has 2 atom stereocenters. The molecule has 1 fully saturated rings. The lowest BCUT2D eigenvalue weighted by atomic mass is 9.90. The molecule has 2 aromatic carbocycles. The number of rotatable bonds is 2. The fourth-order valence-corrected chi connectivity index (χ4v) is 5.97. The van der Waals surface area contributed by atoms with Crippen molar-refractivity contribution in [2.24, 2.45) is 0 Å². The highest BCUT2D eigenvalue weighted by Gasteiger charge is 2.35. The summed E-state index contributed by atoms with van der Waals surface area (Å²) in [4.78, 5) is 102. The van der Waals surface area contributed by atoms with Crippen molar-refractivity contribution in [2.75, 3.05) is 0 Å². The van der Waals surface area contributed by atoms with Gasteiger partial charge in [0.1, 0.15) is 0 Å². The zero-order valence-corrected chi connectivity index (χ0v) is 19.3. The van der Waals surface area contributed by atoms with Gasteiger partial charge in [0, 0.05) is 0 Å². The molecule has 0 unspecified atom stereocenters. The molecule has 0 radical (unpaired) electrons. The van der Waals surface area contributed by atoms with Gasteiger partial charge in [-0.1, -0.05) is 12.8 Å². The summed E-state index contributed by atoms with van der Waals surface area (Å²) in [7, 11) is 0. The van der Waals surface area contributed by atoms with E-state index in [1.807, 2.05) is 0 Å². The maximum atomic E-state index is 13.4. The number of hydrogen-bond acceptors (Lipinski definition) is 10. The fraction of sp³-hybridized carbons (Fsp3) is 0.231. The van der Waals surface area contributed by atoms with Crippen LogP contribution in [0.3, 0.4) is 0 Å². The van der Waals surface area contributed by atoms with Crippen LogP contribution in [0.25, 0.3) is 43.1 Å². The topological polar surface area (TPSA) is 173 Å². The van der Waals surface area contributed by atoms with E-state index in [1.165, 1.54) is 0 Å². The summed E-state index contributed by atoms with van der Waals surface area (Å²) in [6, 6.07) is 2.92. The third kappa shape index (κ3) is 2.68. The van der Waals surface area contributed by atoms with Gasteiger partial charge in [0.25, 0.3) is 22.2 Å². The van der Waals surface area contributed by atoms with Crippen LogP contribution in [0.5, 0.6) is 0 Å². The van der Waals surface area contributed by atoms with E-state index in [0.29, 0.717) is 25.7 Å². The summed E-state index contributed by atoms with van der Waals surface area (Å²) in [5.74, 6) is 0. The molecule has 1 aliphatic carbocycles. The Labute approximate surface area is 206 Å². The van der Waals surface area contributed by atoms with E-state index >= 15 is 0 Å². The molecule has 38 heavy (non-hydrogen) atoms. The maximum Gasteiger partial charge on any atom is 0.346 e. The Morgan fingerprint density at radius 3 is 0.974 bits per heavy atom. The van der Waals surface area contributed by atoms with Crippen LogP contribution < -0.4 is 44.7 Å². The molecule has 1 saturated carbocycles. The fourth-order valence-electron chi connectivity index (χ4n) is 5.97. The Kier molecular flexibility index (Phi) is 4.26. The number of aromatic nitrogens is 2. The normalized spacial score (nSPS) is 18.4. The molecule has 7 rings (SSSR count). The highest BCUT2D eigenvalue weighted by atomic mass is 16.4. The van der Waals surface area contributed by atoms with Gasteiger partial charge < -0.3 is 8.83 Å². The number of benzene rings is 2. The second-order valence-corrected chi connectivity index (χ2v) is 9.62. The van der Waals surface area contributed by atoms with E-state index in [1.54, 1.807) is 0 Å². The monoisotopic (exact) mass is 514 g/mol. The molecule has 0 N–H and O–H groups in total. The Morgan fingerprint density at radius 2 is 0.711 bits per heavy atom. The van der Waals surface area contributed by atoms with E-state index in [2.05, 4.69) is 8.83 Å². The van der Waals surface area contributed by atoms with Crippen molar-refractivity contribution in [3.8, 4) is 0 Å². The molecule has 0 saturated heterocycles. The summed E-state index contributed by atoms with van der Waals surface area (Å²) in [5, 5.41) is -0.726. The lowest BCUT2D eigenvalue weighted by Crippen LogP contribution is -2.42. The predicted octanol–water partition coefficient (Wildman–Crippen LogP) is 0.0776. The van der Waals surface area contributed by atoms with Crippen molar-refractivity contribution in [3.63, 3.8) is 0 Å². The standard InChI is InChI=1S/C26H14N2O10/c29-19-9-5-13-14(24(34)37-23(13)33)6-10(9)20(30)27(19)17-3-1-2-4-18(17)28-21(31)11-7-15-16(8-12(11)22(28)32)26(36)38-25(15)35/h5-8,17-18H,1-4H2/t17-,18-/m0/s1. The smallest absolute Gasteiger partial charge is 0.346 e. The third-order valence-corrected chi connectivity index (χ3v) is 7.72. The molecule has 12 heteroatoms. The van der Waals surface area contributed by atoms with E-state index in [-0.39, 0.29) is 43.1 Å². The minimum Gasteiger partial charge on any atom is -0.386 e. The average molecular weight is 514 g/mol. The molecule has 188 valence electrons. The first-order valence-corrected chi connectivity index (χ1v) is 11.8. The largest absolute Gasteiger partial charge is 0.386 e. The second kappa shape index (κ2) is 7.28. The van der Waals surface area contributed by atoms with Crippen LogP contribution in [0, 0.1) is 0 Å². The first-order chi connectivity index (χ1) is 18.2. The van der Waals surface area contributed by atoms with Crippen LogP contribution in [0.4, 0.5) is 0 Å². The lowest BCUT2D eigenvalue weighted by Gasteiger charge is -2.31. The van der Waals surface area contributed by atoms with E-state index in [9.17, 15) is 38.4 Å². The number of hydrogen-bond donors (Lipinski definition) is 0. The Morgan fingerprint density at radius 1 is 0.447 bits per heavy atom. The minimum absolute atomic E-state index is 0.0689. The van der Waals surface area contributed by atoms with Crippen molar-refractivity contribution in [1.82, 2.24) is 9.13 Å². The summed E-state index contributed by atoms with van der Waals surface area (Å²) < 4.78 is 11.1. The van der Waals surface area contributed by atoms with Gasteiger partial charge in [-0.15, -0.1) is 0 Å². The van der Waals surface area contributed by atoms with Gasteiger partial charge in [0.05, 0.1) is 55.2 Å². The van der Waals surface area contributed by atoms with Crippen molar-refractivity contribution in [1.29, 1.82) is 0 Å². The van der Waals surface area contributed by atoms with Crippen LogP contribution >= 0.6 is 0 Å². The van der Waals surface area contributed by atoms with Crippen LogP contribution in [-0.4, -0.2) is 9.13 Å². The van der Waals surface area contributed by atoms with Gasteiger partial charge in [-0.25, -0.2) is 19.2 Å². The summed E-state index contributed by atoms with van der Waals surface area (Å²) >= 11 is 0. The van der Waals surface area contributed by atoms with Crippen molar-refractivity contribution < 1.29 is 8.83 Å². The number of furan rings is 2. The van der Waals surface area contributed by atoms with Gasteiger partial charge in [-0.2, -0.15) is 0 Å². The van der Waals surface area contributed by atoms with Crippen molar-refractivity contribution in [2.45, 2.75) is 37.8 Å². The Hall–Kier alpha value is -5.00. The highest BCUT2D eigenvalue weighted by molar-refractivity contribution is 5.98. The zero-order chi connectivity index (χ0) is 26.6. The Balaban J connectivity index is 1.48. The van der Waals surface area contributed by atoms with Crippen LogP contribution in [-0.2, 0) is 0 Å². The molecule has 6 aromatic rings. The van der Waals surface area contributed by atoms with Crippen LogP contribution in [0.15, 0.2) is 71.5 Å². The van der Waals surface area contributed by atoms with Gasteiger partial charge >= 0.3 is 22.5 Å². The van der Waals surface area contributed by atoms with E-state index in [4.69, 9.17) is 0 Å². The molecule has 0 spiro atoms. The Bertz CT molecular complexity index is 2110. The SMILES string of the molecule is O=c1oc(=O)c2cc3c(=O)n([C@H]4CCCC[C@@H]4n4c(=O)c5cc6c(=O)oc(=O)c6cc5c4=O)c(=O)c3cc12. The highest BCUT2D eigenvalue weighted by Crippen LogP contribution is 2.36. The van der Waals surface area contributed by atoms with E-state index in [0.717, 1.165) is 33.4 Å². The van der Waals surface area contributed by atoms with Gasteiger partial charge in [0.15, 0.2) is 0 Å². The molecule has 4 heterocycles. The van der Waals surface area contributed by atoms with Gasteiger partial charge in [-0.3, -0.25) is 28.3 Å². The number of nitrogens with zero attached hydrogens (tertiary/aromatic N) is 2. The first-order valence-electron chi connectivity index (χ1n) is 11.8. The van der Waals surface area contributed by atoms with Crippen LogP contribution in [0.2, 0.25) is 0 Å². The summed E-state index contributed by atoms with van der Waals surface area (Å²) in [6.45, 7) is 0. The lowest BCUT2D eigenvalue weighted by molar-refractivity contribution is 0.229. The molecule has 4 aromatic heterocycles. The quantitative estimate of drug-likeness (QED) is 0.308. The van der Waals surface area contributed by atoms with Crippen molar-refractivity contribution >= 4 is 43.1 Å². The van der Waals surface area contributed by atoms with Gasteiger partial charge in [0.2, 0.25) is 0 Å². The second-order valence-electron chi connectivity index (χ2n) is 9.62. The molecule has 1 aliphatic rings. The zero-order valence-electron chi connectivity index (χ0n) is 19.3. The predicted molar refractivity (Wildman–Crippen MR) is 135 cm³/mol. The molecule has 0 bridgehead atoms. The summed E-state index contributed by atoms with van der Waals surface area (Å²) in [5.41, 5.74) is -6.49. The van der Waals surface area contributed by atoms with Gasteiger partial charge in [-0.05, 0) is 37.1 Å². The number of fused-ring (bicyclic) bond motifs is 4. The molecule has 12 nitrogen and oxygen atoms in total. The molecular weight excluding hydrogens is 500 g/mol. The minimum atomic E-state index is -0.915. The molecule has 0 aliphatic heterocycles. The van der Waals surface area contributed by atoms with Crippen LogP contribution in [0.1, 0.15) is 37.8 Å². The van der Waals surface area contributed by atoms with Crippen molar-refractivity contribution in [3.05, 3.63) is 107 Å². The average Bonchev–Trinajstić information content (AvgIpc) is 3.52.